The number of carbonyl (C=O) groups is 1. The SMILES string of the molecule is Cc1ccc2c(=O)c(C(=O)O)cn3c2c1OC[C@@H]3CF. The number of rotatable bonds is 2. The van der Waals surface area contributed by atoms with Crippen molar-refractivity contribution in [3.8, 4) is 5.75 Å². The molecular weight excluding hydrogens is 265 g/mol. The topological polar surface area (TPSA) is 68.5 Å². The average molecular weight is 277 g/mol. The summed E-state index contributed by atoms with van der Waals surface area (Å²) < 4.78 is 20.2. The number of aryl methyl sites for hydroxylation is 1. The average Bonchev–Trinajstić information content (AvgIpc) is 2.43. The Hall–Kier alpha value is -2.37. The van der Waals surface area contributed by atoms with Gasteiger partial charge >= 0.3 is 5.97 Å². The van der Waals surface area contributed by atoms with Crippen LogP contribution in [0.5, 0.6) is 5.75 Å². The smallest absolute Gasteiger partial charge is 0.341 e. The Morgan fingerprint density at radius 1 is 1.55 bits per heavy atom. The second kappa shape index (κ2) is 4.33. The molecule has 0 bridgehead atoms. The summed E-state index contributed by atoms with van der Waals surface area (Å²) in [5.41, 5.74) is 0.362. The minimum absolute atomic E-state index is 0.116. The molecule has 1 aliphatic rings. The maximum absolute atomic E-state index is 13.1. The Kier molecular flexibility index (Phi) is 2.74. The van der Waals surface area contributed by atoms with Crippen LogP contribution in [0.15, 0.2) is 23.1 Å². The van der Waals surface area contributed by atoms with Gasteiger partial charge in [0.1, 0.15) is 24.6 Å². The lowest BCUT2D eigenvalue weighted by molar-refractivity contribution is 0.0694. The van der Waals surface area contributed by atoms with E-state index in [1.54, 1.807) is 12.1 Å². The lowest BCUT2D eigenvalue weighted by Gasteiger charge is -2.28. The molecule has 3 rings (SSSR count). The fourth-order valence-electron chi connectivity index (χ4n) is 2.52. The number of carboxylic acids is 1. The molecule has 1 aromatic heterocycles. The van der Waals surface area contributed by atoms with Crippen LogP contribution in [-0.4, -0.2) is 28.9 Å². The van der Waals surface area contributed by atoms with E-state index < -0.39 is 24.1 Å². The van der Waals surface area contributed by atoms with Crippen molar-refractivity contribution in [2.24, 2.45) is 0 Å². The van der Waals surface area contributed by atoms with Gasteiger partial charge in [0.15, 0.2) is 0 Å². The zero-order valence-electron chi connectivity index (χ0n) is 10.7. The highest BCUT2D eigenvalue weighted by molar-refractivity contribution is 5.95. The summed E-state index contributed by atoms with van der Waals surface area (Å²) in [6.45, 7) is 1.25. The van der Waals surface area contributed by atoms with Crippen molar-refractivity contribution in [2.45, 2.75) is 13.0 Å². The summed E-state index contributed by atoms with van der Waals surface area (Å²) in [4.78, 5) is 23.3. The molecule has 0 amide bonds. The monoisotopic (exact) mass is 277 g/mol. The van der Waals surface area contributed by atoms with E-state index in [9.17, 15) is 14.0 Å². The fourth-order valence-corrected chi connectivity index (χ4v) is 2.52. The first-order valence-electron chi connectivity index (χ1n) is 6.15. The van der Waals surface area contributed by atoms with Gasteiger partial charge in [-0.15, -0.1) is 0 Å². The van der Waals surface area contributed by atoms with Gasteiger partial charge in [0.25, 0.3) is 0 Å². The van der Waals surface area contributed by atoms with Crippen LogP contribution in [0, 0.1) is 6.92 Å². The molecule has 1 aromatic carbocycles. The van der Waals surface area contributed by atoms with Crippen LogP contribution in [0.25, 0.3) is 10.9 Å². The first-order chi connectivity index (χ1) is 9.54. The molecule has 1 N–H and O–H groups in total. The highest BCUT2D eigenvalue weighted by Gasteiger charge is 2.26. The Morgan fingerprint density at radius 2 is 2.30 bits per heavy atom. The van der Waals surface area contributed by atoms with Crippen LogP contribution in [0.1, 0.15) is 22.0 Å². The largest absolute Gasteiger partial charge is 0.489 e. The summed E-state index contributed by atoms with van der Waals surface area (Å²) >= 11 is 0. The highest BCUT2D eigenvalue weighted by Crippen LogP contribution is 2.34. The van der Waals surface area contributed by atoms with Crippen LogP contribution >= 0.6 is 0 Å². The van der Waals surface area contributed by atoms with Crippen LogP contribution in [0.4, 0.5) is 4.39 Å². The maximum Gasteiger partial charge on any atom is 0.341 e. The number of nitrogens with zero attached hydrogens (tertiary/aromatic N) is 1. The number of aromatic nitrogens is 1. The van der Waals surface area contributed by atoms with E-state index in [-0.39, 0.29) is 17.6 Å². The molecule has 0 saturated heterocycles. The number of aromatic carboxylic acids is 1. The standard InChI is InChI=1S/C14H12FNO4/c1-7-2-3-9-11-13(7)20-6-8(4-15)16(11)5-10(12(9)17)14(18)19/h2-3,5,8H,4,6H2,1H3,(H,18,19)/t8-/m0/s1. The molecule has 0 aliphatic carbocycles. The lowest BCUT2D eigenvalue weighted by Crippen LogP contribution is -2.29. The Balaban J connectivity index is 2.49. The Labute approximate surface area is 113 Å². The van der Waals surface area contributed by atoms with Crippen molar-refractivity contribution in [3.63, 3.8) is 0 Å². The molecule has 0 radical (unpaired) electrons. The lowest BCUT2D eigenvalue weighted by atomic mass is 10.0. The van der Waals surface area contributed by atoms with E-state index in [4.69, 9.17) is 9.84 Å². The number of pyridine rings is 1. The van der Waals surface area contributed by atoms with E-state index in [0.717, 1.165) is 5.56 Å². The van der Waals surface area contributed by atoms with Gasteiger partial charge in [-0.05, 0) is 18.6 Å². The van der Waals surface area contributed by atoms with Crippen LogP contribution in [0.2, 0.25) is 0 Å². The predicted molar refractivity (Wildman–Crippen MR) is 70.4 cm³/mol. The first-order valence-corrected chi connectivity index (χ1v) is 6.15. The molecule has 2 aromatic rings. The fraction of sp³-hybridized carbons (Fsp3) is 0.286. The third-order valence-electron chi connectivity index (χ3n) is 3.57. The van der Waals surface area contributed by atoms with E-state index in [1.807, 2.05) is 6.92 Å². The van der Waals surface area contributed by atoms with Crippen LogP contribution in [0.3, 0.4) is 0 Å². The van der Waals surface area contributed by atoms with Gasteiger partial charge in [-0.3, -0.25) is 4.79 Å². The van der Waals surface area contributed by atoms with E-state index in [2.05, 4.69) is 0 Å². The second-order valence-corrected chi connectivity index (χ2v) is 4.81. The van der Waals surface area contributed by atoms with Crippen molar-refractivity contribution < 1.29 is 19.0 Å². The molecule has 2 heterocycles. The molecule has 5 nitrogen and oxygen atoms in total. The third kappa shape index (κ3) is 1.61. The summed E-state index contributed by atoms with van der Waals surface area (Å²) in [5.74, 6) is -0.798. The minimum Gasteiger partial charge on any atom is -0.489 e. The number of alkyl halides is 1. The summed E-state index contributed by atoms with van der Waals surface area (Å²) in [7, 11) is 0. The first kappa shape index (κ1) is 12.7. The third-order valence-corrected chi connectivity index (χ3v) is 3.57. The zero-order valence-corrected chi connectivity index (χ0v) is 10.7. The van der Waals surface area contributed by atoms with Crippen molar-refractivity contribution in [3.05, 3.63) is 39.7 Å². The number of ether oxygens (including phenoxy) is 1. The number of benzene rings is 1. The van der Waals surface area contributed by atoms with Crippen LogP contribution < -0.4 is 10.2 Å². The van der Waals surface area contributed by atoms with E-state index in [0.29, 0.717) is 11.3 Å². The molecule has 1 aliphatic heterocycles. The number of hydrogen-bond acceptors (Lipinski definition) is 3. The molecule has 0 saturated carbocycles. The van der Waals surface area contributed by atoms with Gasteiger partial charge in [-0.1, -0.05) is 6.07 Å². The number of halogens is 1. The zero-order chi connectivity index (χ0) is 14.4. The van der Waals surface area contributed by atoms with Gasteiger partial charge < -0.3 is 14.4 Å². The van der Waals surface area contributed by atoms with Crippen molar-refractivity contribution >= 4 is 16.9 Å². The minimum atomic E-state index is -1.31. The van der Waals surface area contributed by atoms with Gasteiger partial charge in [-0.25, -0.2) is 9.18 Å². The van der Waals surface area contributed by atoms with Crippen LogP contribution in [-0.2, 0) is 0 Å². The Morgan fingerprint density at radius 3 is 2.95 bits per heavy atom. The quantitative estimate of drug-likeness (QED) is 0.910. The molecule has 6 heteroatoms. The van der Waals surface area contributed by atoms with Gasteiger partial charge in [-0.2, -0.15) is 0 Å². The van der Waals surface area contributed by atoms with E-state index >= 15 is 0 Å². The van der Waals surface area contributed by atoms with Gasteiger partial charge in [0.2, 0.25) is 5.43 Å². The molecule has 1 atom stereocenters. The van der Waals surface area contributed by atoms with Gasteiger partial charge in [0.05, 0.1) is 16.9 Å². The predicted octanol–water partition coefficient (Wildman–Crippen LogP) is 1.91. The summed E-state index contributed by atoms with van der Waals surface area (Å²) in [5, 5.41) is 9.35. The highest BCUT2D eigenvalue weighted by atomic mass is 19.1. The maximum atomic E-state index is 13.1. The van der Waals surface area contributed by atoms with E-state index in [1.165, 1.54) is 10.8 Å². The number of hydrogen-bond donors (Lipinski definition) is 1. The van der Waals surface area contributed by atoms with Crippen molar-refractivity contribution in [2.75, 3.05) is 13.3 Å². The molecule has 0 spiro atoms. The summed E-state index contributed by atoms with van der Waals surface area (Å²) in [6.07, 6.45) is 1.21. The number of carboxylic acid groups (broad SMARTS) is 1. The van der Waals surface area contributed by atoms with Gasteiger partial charge in [0, 0.05) is 6.20 Å². The Bertz CT molecular complexity index is 781. The van der Waals surface area contributed by atoms with Crippen molar-refractivity contribution in [1.82, 2.24) is 4.57 Å². The molecule has 0 unspecified atom stereocenters. The molecule has 0 fully saturated rings. The second-order valence-electron chi connectivity index (χ2n) is 4.81. The summed E-state index contributed by atoms with van der Waals surface area (Å²) in [6, 6.07) is 2.64. The molecule has 20 heavy (non-hydrogen) atoms. The molecular formula is C14H12FNO4. The normalized spacial score (nSPS) is 17.0. The molecule has 104 valence electrons. The van der Waals surface area contributed by atoms with Crippen molar-refractivity contribution in [1.29, 1.82) is 0 Å².